The molecule has 0 aliphatic carbocycles. The molecule has 0 bridgehead atoms. The molecule has 4 rings (SSSR count). The van der Waals surface area contributed by atoms with Crippen LogP contribution < -0.4 is 10.6 Å². The van der Waals surface area contributed by atoms with Gasteiger partial charge in [-0.2, -0.15) is 23.4 Å². The summed E-state index contributed by atoms with van der Waals surface area (Å²) in [7, 11) is 0. The number of aromatic nitrogens is 4. The van der Waals surface area contributed by atoms with Crippen molar-refractivity contribution >= 4 is 28.7 Å². The zero-order valence-corrected chi connectivity index (χ0v) is 20.3. The van der Waals surface area contributed by atoms with Gasteiger partial charge >= 0.3 is 6.18 Å². The van der Waals surface area contributed by atoms with Crippen LogP contribution in [0, 0.1) is 20.8 Å². The quantitative estimate of drug-likeness (QED) is 0.323. The zero-order chi connectivity index (χ0) is 25.2. The average Bonchev–Trinajstić information content (AvgIpc) is 3.34. The number of anilines is 2. The van der Waals surface area contributed by atoms with E-state index in [4.69, 9.17) is 12.2 Å². The highest BCUT2D eigenvalue weighted by atomic mass is 32.1. The molecular weight excluding hydrogens is 473 g/mol. The van der Waals surface area contributed by atoms with Gasteiger partial charge in [-0.15, -0.1) is 0 Å². The number of rotatable bonds is 6. The lowest BCUT2D eigenvalue weighted by molar-refractivity contribution is -0.137. The smallest absolute Gasteiger partial charge is 0.330 e. The van der Waals surface area contributed by atoms with Crippen molar-refractivity contribution in [3.05, 3.63) is 94.6 Å². The van der Waals surface area contributed by atoms with Gasteiger partial charge in [-0.3, -0.25) is 9.36 Å². The van der Waals surface area contributed by atoms with Crippen molar-refractivity contribution in [2.75, 3.05) is 10.6 Å². The van der Waals surface area contributed by atoms with Gasteiger partial charge in [0.15, 0.2) is 5.11 Å². The summed E-state index contributed by atoms with van der Waals surface area (Å²) in [6.07, 6.45) is -1.12. The Morgan fingerprint density at radius 1 is 1.00 bits per heavy atom. The number of halogens is 3. The van der Waals surface area contributed by atoms with E-state index in [1.54, 1.807) is 23.1 Å². The summed E-state index contributed by atoms with van der Waals surface area (Å²) in [6.45, 7) is 6.83. The highest BCUT2D eigenvalue weighted by Gasteiger charge is 2.30. The molecule has 0 aliphatic heterocycles. The summed E-state index contributed by atoms with van der Waals surface area (Å²) in [5, 5.41) is 15.5. The van der Waals surface area contributed by atoms with E-state index in [9.17, 15) is 13.2 Å². The Morgan fingerprint density at radius 2 is 1.77 bits per heavy atom. The Hall–Kier alpha value is -3.66. The van der Waals surface area contributed by atoms with E-state index in [2.05, 4.69) is 39.9 Å². The number of aryl methyl sites for hydroxylation is 2. The van der Waals surface area contributed by atoms with Crippen molar-refractivity contribution in [2.45, 2.75) is 40.0 Å². The molecule has 0 saturated carbocycles. The number of nitrogens with one attached hydrogen (secondary N) is 2. The third-order valence-electron chi connectivity index (χ3n) is 5.69. The van der Waals surface area contributed by atoms with Crippen LogP contribution in [0.3, 0.4) is 0 Å². The Morgan fingerprint density at radius 3 is 2.51 bits per heavy atom. The van der Waals surface area contributed by atoms with Crippen LogP contribution in [-0.4, -0.2) is 24.7 Å². The van der Waals surface area contributed by atoms with Crippen molar-refractivity contribution in [3.63, 3.8) is 0 Å². The van der Waals surface area contributed by atoms with Crippen LogP contribution in [0.15, 0.2) is 60.9 Å². The maximum Gasteiger partial charge on any atom is 0.416 e. The molecule has 2 aromatic heterocycles. The molecule has 0 aliphatic rings. The Balaban J connectivity index is 1.40. The third-order valence-corrected chi connectivity index (χ3v) is 5.90. The van der Waals surface area contributed by atoms with E-state index in [1.165, 1.54) is 17.2 Å². The molecule has 2 heterocycles. The van der Waals surface area contributed by atoms with Crippen LogP contribution in [0.1, 0.15) is 33.6 Å². The summed E-state index contributed by atoms with van der Waals surface area (Å²) < 4.78 is 42.4. The molecule has 6 nitrogen and oxygen atoms in total. The molecule has 0 amide bonds. The van der Waals surface area contributed by atoms with Crippen molar-refractivity contribution in [2.24, 2.45) is 0 Å². The van der Waals surface area contributed by atoms with Gasteiger partial charge < -0.3 is 10.6 Å². The fourth-order valence-electron chi connectivity index (χ4n) is 3.80. The minimum absolute atomic E-state index is 0.204. The molecule has 0 radical (unpaired) electrons. The second-order valence-corrected chi connectivity index (χ2v) is 8.74. The molecular formula is C25H25F3N6S. The monoisotopic (exact) mass is 498 g/mol. The lowest BCUT2D eigenvalue weighted by Crippen LogP contribution is -2.19. The number of nitrogens with zero attached hydrogens (tertiary/aromatic N) is 4. The van der Waals surface area contributed by atoms with Gasteiger partial charge in [0.05, 0.1) is 47.6 Å². The normalized spacial score (nSPS) is 11.5. The minimum atomic E-state index is -4.38. The first-order valence-corrected chi connectivity index (χ1v) is 11.4. The molecule has 0 saturated heterocycles. The summed E-state index contributed by atoms with van der Waals surface area (Å²) in [4.78, 5) is 0. The largest absolute Gasteiger partial charge is 0.416 e. The first kappa shape index (κ1) is 24.5. The lowest BCUT2D eigenvalue weighted by Gasteiger charge is -2.11. The van der Waals surface area contributed by atoms with Gasteiger partial charge in [-0.1, -0.05) is 36.4 Å². The third kappa shape index (κ3) is 5.89. The van der Waals surface area contributed by atoms with E-state index >= 15 is 0 Å². The highest BCUT2D eigenvalue weighted by molar-refractivity contribution is 7.80. The molecule has 35 heavy (non-hydrogen) atoms. The Bertz CT molecular complexity index is 1360. The molecule has 182 valence electrons. The fourth-order valence-corrected chi connectivity index (χ4v) is 4.02. The van der Waals surface area contributed by atoms with Gasteiger partial charge in [-0.25, -0.2) is 0 Å². The maximum absolute atomic E-state index is 13.0. The summed E-state index contributed by atoms with van der Waals surface area (Å²) in [5.74, 6) is 0. The molecule has 0 fully saturated rings. The molecule has 2 N–H and O–H groups in total. The first-order valence-electron chi connectivity index (χ1n) is 11.0. The molecule has 0 unspecified atom stereocenters. The molecule has 2 aromatic carbocycles. The average molecular weight is 499 g/mol. The number of thiocarbonyl (C=S) groups is 1. The van der Waals surface area contributed by atoms with E-state index in [-0.39, 0.29) is 6.54 Å². The van der Waals surface area contributed by atoms with Gasteiger partial charge in [0.1, 0.15) is 0 Å². The van der Waals surface area contributed by atoms with Crippen molar-refractivity contribution in [1.82, 2.24) is 19.6 Å². The lowest BCUT2D eigenvalue weighted by atomic mass is 10.1. The van der Waals surface area contributed by atoms with Crippen LogP contribution in [0.2, 0.25) is 0 Å². The zero-order valence-electron chi connectivity index (χ0n) is 19.5. The topological polar surface area (TPSA) is 59.7 Å². The molecule has 0 atom stereocenters. The van der Waals surface area contributed by atoms with E-state index < -0.39 is 11.7 Å². The second kappa shape index (κ2) is 9.91. The van der Waals surface area contributed by atoms with Gasteiger partial charge in [-0.05, 0) is 61.8 Å². The molecule has 0 spiro atoms. The number of hydrogen-bond acceptors (Lipinski definition) is 3. The number of alkyl halides is 3. The van der Waals surface area contributed by atoms with E-state index in [1.807, 2.05) is 30.7 Å². The van der Waals surface area contributed by atoms with Crippen LogP contribution in [0.5, 0.6) is 0 Å². The standard InChI is InChI=1S/C25H25F3N6S/c1-16-7-4-5-9-20(16)14-34-18(3)23(17(2)32-34)31-24(35)30-22-12-29-33(15-22)13-19-8-6-10-21(11-19)25(26,27)28/h4-12,15H,13-14H2,1-3H3,(H2,30,31,35). The van der Waals surface area contributed by atoms with Crippen molar-refractivity contribution < 1.29 is 13.2 Å². The van der Waals surface area contributed by atoms with Crippen LogP contribution in [0.25, 0.3) is 0 Å². The van der Waals surface area contributed by atoms with Crippen molar-refractivity contribution in [3.8, 4) is 0 Å². The Labute approximate surface area is 206 Å². The number of hydrogen-bond donors (Lipinski definition) is 2. The van der Waals surface area contributed by atoms with Crippen molar-refractivity contribution in [1.29, 1.82) is 0 Å². The minimum Gasteiger partial charge on any atom is -0.330 e. The number of benzene rings is 2. The SMILES string of the molecule is Cc1ccccc1Cn1nc(C)c(NC(=S)Nc2cnn(Cc3cccc(C(F)(F)F)c3)c2)c1C. The van der Waals surface area contributed by atoms with E-state index in [0.29, 0.717) is 22.9 Å². The Kier molecular flexibility index (Phi) is 6.93. The second-order valence-electron chi connectivity index (χ2n) is 8.33. The predicted octanol–water partition coefficient (Wildman–Crippen LogP) is 5.93. The van der Waals surface area contributed by atoms with Crippen LogP contribution >= 0.6 is 12.2 Å². The maximum atomic E-state index is 13.0. The van der Waals surface area contributed by atoms with Gasteiger partial charge in [0, 0.05) is 6.20 Å². The predicted molar refractivity (Wildman–Crippen MR) is 135 cm³/mol. The summed E-state index contributed by atoms with van der Waals surface area (Å²) >= 11 is 5.47. The summed E-state index contributed by atoms with van der Waals surface area (Å²) in [5.41, 5.74) is 5.44. The van der Waals surface area contributed by atoms with Crippen LogP contribution in [0.4, 0.5) is 24.5 Å². The van der Waals surface area contributed by atoms with Gasteiger partial charge in [0.2, 0.25) is 0 Å². The molecule has 10 heteroatoms. The fraction of sp³-hybridized carbons (Fsp3) is 0.240. The highest BCUT2D eigenvalue weighted by Crippen LogP contribution is 2.29. The molecule has 4 aromatic rings. The van der Waals surface area contributed by atoms with Gasteiger partial charge in [0.25, 0.3) is 0 Å². The van der Waals surface area contributed by atoms with E-state index in [0.717, 1.165) is 29.2 Å². The first-order chi connectivity index (χ1) is 16.6. The summed E-state index contributed by atoms with van der Waals surface area (Å²) in [6, 6.07) is 13.4. The van der Waals surface area contributed by atoms with Crippen LogP contribution in [-0.2, 0) is 19.3 Å².